The topological polar surface area (TPSA) is 74.1 Å². The molecule has 0 radical (unpaired) electrons. The summed E-state index contributed by atoms with van der Waals surface area (Å²) in [4.78, 5) is 16.3. The second kappa shape index (κ2) is 8.20. The van der Waals surface area contributed by atoms with Crippen molar-refractivity contribution in [2.45, 2.75) is 11.4 Å². The summed E-state index contributed by atoms with van der Waals surface area (Å²) in [7, 11) is -2.49. The van der Waals surface area contributed by atoms with Crippen LogP contribution in [0.1, 0.15) is 5.76 Å². The zero-order chi connectivity index (χ0) is 19.4. The molecular weight excluding hydrogens is 373 g/mol. The number of sulfonamides is 1. The molecule has 0 saturated carbocycles. The fourth-order valence-corrected chi connectivity index (χ4v) is 4.06. The molecule has 0 spiro atoms. The Hall–Kier alpha value is -2.23. The number of carbonyl (C=O) groups is 1. The molecule has 1 aliphatic rings. The van der Waals surface area contributed by atoms with E-state index in [4.69, 9.17) is 4.42 Å². The zero-order valence-corrected chi connectivity index (χ0v) is 15.9. The SMILES string of the molecule is CN(CC(=O)N1CCN(Cc2ccco2)CC1)S(=O)(=O)c1ccc(F)cc1. The largest absolute Gasteiger partial charge is 0.468 e. The second-order valence-corrected chi connectivity index (χ2v) is 8.50. The van der Waals surface area contributed by atoms with Crippen molar-refractivity contribution in [3.05, 3.63) is 54.2 Å². The van der Waals surface area contributed by atoms with Crippen LogP contribution in [0, 0.1) is 5.82 Å². The van der Waals surface area contributed by atoms with Crippen molar-refractivity contribution in [3.8, 4) is 0 Å². The van der Waals surface area contributed by atoms with Crippen molar-refractivity contribution in [1.82, 2.24) is 14.1 Å². The van der Waals surface area contributed by atoms with Gasteiger partial charge in [0, 0.05) is 33.2 Å². The van der Waals surface area contributed by atoms with E-state index in [0.717, 1.165) is 22.2 Å². The molecule has 1 amide bonds. The van der Waals surface area contributed by atoms with Crippen LogP contribution in [0.25, 0.3) is 0 Å². The third kappa shape index (κ3) is 4.74. The summed E-state index contributed by atoms with van der Waals surface area (Å²) >= 11 is 0. The Labute approximate surface area is 158 Å². The summed E-state index contributed by atoms with van der Waals surface area (Å²) in [6.45, 7) is 2.89. The van der Waals surface area contributed by atoms with E-state index < -0.39 is 15.8 Å². The summed E-state index contributed by atoms with van der Waals surface area (Å²) < 4.78 is 44.3. The lowest BCUT2D eigenvalue weighted by atomic mass is 10.3. The van der Waals surface area contributed by atoms with Gasteiger partial charge in [-0.1, -0.05) is 0 Å². The van der Waals surface area contributed by atoms with Gasteiger partial charge in [0.15, 0.2) is 0 Å². The number of furan rings is 1. The summed E-state index contributed by atoms with van der Waals surface area (Å²) in [5.74, 6) is 0.112. The highest BCUT2D eigenvalue weighted by Crippen LogP contribution is 2.15. The van der Waals surface area contributed by atoms with Crippen LogP contribution in [0.3, 0.4) is 0 Å². The summed E-state index contributed by atoms with van der Waals surface area (Å²) in [6.07, 6.45) is 1.63. The van der Waals surface area contributed by atoms with Crippen LogP contribution in [0.5, 0.6) is 0 Å². The number of nitrogens with zero attached hydrogens (tertiary/aromatic N) is 3. The Morgan fingerprint density at radius 2 is 1.81 bits per heavy atom. The predicted octanol–water partition coefficient (Wildman–Crippen LogP) is 1.38. The van der Waals surface area contributed by atoms with E-state index in [2.05, 4.69) is 4.90 Å². The lowest BCUT2D eigenvalue weighted by molar-refractivity contribution is -0.133. The lowest BCUT2D eigenvalue weighted by Crippen LogP contribution is -2.51. The maximum absolute atomic E-state index is 13.0. The smallest absolute Gasteiger partial charge is 0.243 e. The number of hydrogen-bond donors (Lipinski definition) is 0. The predicted molar refractivity (Wildman–Crippen MR) is 96.8 cm³/mol. The van der Waals surface area contributed by atoms with Crippen molar-refractivity contribution >= 4 is 15.9 Å². The normalized spacial score (nSPS) is 16.0. The molecule has 1 aliphatic heterocycles. The van der Waals surface area contributed by atoms with Crippen LogP contribution in [0.4, 0.5) is 4.39 Å². The Bertz CT molecular complexity index is 861. The maximum Gasteiger partial charge on any atom is 0.243 e. The van der Waals surface area contributed by atoms with Gasteiger partial charge in [-0.15, -0.1) is 0 Å². The number of likely N-dealkylation sites (N-methyl/N-ethyl adjacent to an activating group) is 1. The van der Waals surface area contributed by atoms with Crippen LogP contribution < -0.4 is 0 Å². The molecule has 0 atom stereocenters. The summed E-state index contributed by atoms with van der Waals surface area (Å²) in [5.41, 5.74) is 0. The molecule has 0 N–H and O–H groups in total. The molecular formula is C18H22FN3O4S. The molecule has 9 heteroatoms. The lowest BCUT2D eigenvalue weighted by Gasteiger charge is -2.35. The molecule has 1 saturated heterocycles. The van der Waals surface area contributed by atoms with Gasteiger partial charge in [-0.3, -0.25) is 9.69 Å². The minimum Gasteiger partial charge on any atom is -0.468 e. The van der Waals surface area contributed by atoms with E-state index in [0.29, 0.717) is 32.7 Å². The monoisotopic (exact) mass is 395 g/mol. The zero-order valence-electron chi connectivity index (χ0n) is 15.0. The van der Waals surface area contributed by atoms with Gasteiger partial charge < -0.3 is 9.32 Å². The number of halogens is 1. The van der Waals surface area contributed by atoms with Crippen molar-refractivity contribution in [1.29, 1.82) is 0 Å². The van der Waals surface area contributed by atoms with Crippen LogP contribution in [0.2, 0.25) is 0 Å². The van der Waals surface area contributed by atoms with E-state index in [-0.39, 0.29) is 17.3 Å². The third-order valence-electron chi connectivity index (χ3n) is 4.56. The van der Waals surface area contributed by atoms with Crippen LogP contribution in [-0.4, -0.2) is 68.2 Å². The molecule has 0 bridgehead atoms. The number of benzene rings is 1. The first-order valence-electron chi connectivity index (χ1n) is 8.60. The average molecular weight is 395 g/mol. The Morgan fingerprint density at radius 3 is 2.41 bits per heavy atom. The fourth-order valence-electron chi connectivity index (χ4n) is 2.94. The molecule has 2 aromatic rings. The number of carbonyl (C=O) groups excluding carboxylic acids is 1. The van der Waals surface area contributed by atoms with Crippen molar-refractivity contribution < 1.29 is 22.0 Å². The Balaban J connectivity index is 1.53. The van der Waals surface area contributed by atoms with E-state index in [1.54, 1.807) is 11.2 Å². The van der Waals surface area contributed by atoms with Crippen LogP contribution in [0.15, 0.2) is 52.0 Å². The molecule has 7 nitrogen and oxygen atoms in total. The molecule has 27 heavy (non-hydrogen) atoms. The van der Waals surface area contributed by atoms with E-state index in [1.807, 2.05) is 12.1 Å². The molecule has 3 rings (SSSR count). The molecule has 146 valence electrons. The average Bonchev–Trinajstić information content (AvgIpc) is 3.15. The second-order valence-electron chi connectivity index (χ2n) is 6.45. The first kappa shape index (κ1) is 19.5. The van der Waals surface area contributed by atoms with E-state index >= 15 is 0 Å². The van der Waals surface area contributed by atoms with Crippen LogP contribution >= 0.6 is 0 Å². The van der Waals surface area contributed by atoms with E-state index in [9.17, 15) is 17.6 Å². The van der Waals surface area contributed by atoms with Crippen LogP contribution in [-0.2, 0) is 21.4 Å². The Kier molecular flexibility index (Phi) is 5.93. The van der Waals surface area contributed by atoms with Crippen molar-refractivity contribution in [3.63, 3.8) is 0 Å². The fraction of sp³-hybridized carbons (Fsp3) is 0.389. The van der Waals surface area contributed by atoms with Gasteiger partial charge in [0.05, 0.1) is 24.2 Å². The van der Waals surface area contributed by atoms with Gasteiger partial charge in [0.1, 0.15) is 11.6 Å². The molecule has 0 unspecified atom stereocenters. The number of hydrogen-bond acceptors (Lipinski definition) is 5. The maximum atomic E-state index is 13.0. The number of rotatable bonds is 6. The number of piperazine rings is 1. The standard InChI is InChI=1S/C18H22FN3O4S/c1-20(27(24,25)17-6-4-15(19)5-7-17)14-18(23)22-10-8-21(9-11-22)13-16-3-2-12-26-16/h2-7,12H,8-11,13-14H2,1H3. The van der Waals surface area contributed by atoms with E-state index in [1.165, 1.54) is 19.2 Å². The minimum absolute atomic E-state index is 0.0394. The first-order chi connectivity index (χ1) is 12.9. The highest BCUT2D eigenvalue weighted by molar-refractivity contribution is 7.89. The Morgan fingerprint density at radius 1 is 1.15 bits per heavy atom. The van der Waals surface area contributed by atoms with Gasteiger partial charge in [0.25, 0.3) is 0 Å². The van der Waals surface area contributed by atoms with Gasteiger partial charge >= 0.3 is 0 Å². The molecule has 0 aliphatic carbocycles. The summed E-state index contributed by atoms with van der Waals surface area (Å²) in [5, 5.41) is 0. The minimum atomic E-state index is -3.84. The van der Waals surface area contributed by atoms with Gasteiger partial charge in [-0.2, -0.15) is 4.31 Å². The first-order valence-corrected chi connectivity index (χ1v) is 10.0. The quantitative estimate of drug-likeness (QED) is 0.739. The molecule has 2 heterocycles. The van der Waals surface area contributed by atoms with Crippen molar-refractivity contribution in [2.75, 3.05) is 39.8 Å². The number of amides is 1. The van der Waals surface area contributed by atoms with Crippen molar-refractivity contribution in [2.24, 2.45) is 0 Å². The van der Waals surface area contributed by atoms with Gasteiger partial charge in [-0.05, 0) is 36.4 Å². The van der Waals surface area contributed by atoms with Gasteiger partial charge in [-0.25, -0.2) is 12.8 Å². The third-order valence-corrected chi connectivity index (χ3v) is 6.38. The highest BCUT2D eigenvalue weighted by Gasteiger charge is 2.27. The van der Waals surface area contributed by atoms with Gasteiger partial charge in [0.2, 0.25) is 15.9 Å². The molecule has 1 aromatic heterocycles. The molecule has 1 fully saturated rings. The highest BCUT2D eigenvalue weighted by atomic mass is 32.2. The summed E-state index contributed by atoms with van der Waals surface area (Å²) in [6, 6.07) is 8.30. The molecule has 1 aromatic carbocycles.